The number of amides is 1. The van der Waals surface area contributed by atoms with Gasteiger partial charge in [0.25, 0.3) is 0 Å². The van der Waals surface area contributed by atoms with Gasteiger partial charge in [0.1, 0.15) is 5.75 Å². The third-order valence-electron chi connectivity index (χ3n) is 4.29. The summed E-state index contributed by atoms with van der Waals surface area (Å²) in [6, 6.07) is 13.9. The third-order valence-corrected chi connectivity index (χ3v) is 5.69. The molecule has 1 aromatic heterocycles. The summed E-state index contributed by atoms with van der Waals surface area (Å²) in [6.07, 6.45) is 2.06. The van der Waals surface area contributed by atoms with Crippen LogP contribution >= 0.6 is 27.3 Å². The highest BCUT2D eigenvalue weighted by molar-refractivity contribution is 9.10. The lowest BCUT2D eigenvalue weighted by Crippen LogP contribution is -2.12. The molecule has 146 valence electrons. The van der Waals surface area contributed by atoms with Gasteiger partial charge in [0, 0.05) is 23.1 Å². The lowest BCUT2D eigenvalue weighted by atomic mass is 10.1. The number of nitrogens with one attached hydrogen (secondary N) is 1. The molecular weight excluding hydrogens is 436 g/mol. The number of rotatable bonds is 8. The van der Waals surface area contributed by atoms with Gasteiger partial charge in [0.2, 0.25) is 5.91 Å². The second-order valence-electron chi connectivity index (χ2n) is 6.45. The van der Waals surface area contributed by atoms with Gasteiger partial charge in [0.05, 0.1) is 21.8 Å². The van der Waals surface area contributed by atoms with E-state index in [1.807, 2.05) is 42.6 Å². The topological polar surface area (TPSA) is 51.2 Å². The molecule has 0 spiro atoms. The molecule has 0 aliphatic heterocycles. The first kappa shape index (κ1) is 20.6. The fraction of sp³-hybridized carbons (Fsp3) is 0.273. The molecule has 0 saturated carbocycles. The van der Waals surface area contributed by atoms with Crippen molar-refractivity contribution in [1.82, 2.24) is 4.98 Å². The highest BCUT2D eigenvalue weighted by Crippen LogP contribution is 2.26. The zero-order valence-electron chi connectivity index (χ0n) is 16.0. The number of carbonyl (C=O) groups excluding carboxylic acids is 1. The van der Waals surface area contributed by atoms with Crippen molar-refractivity contribution in [1.29, 1.82) is 0 Å². The molecule has 0 radical (unpaired) electrons. The van der Waals surface area contributed by atoms with Crippen molar-refractivity contribution in [3.05, 3.63) is 62.9 Å². The number of benzene rings is 2. The summed E-state index contributed by atoms with van der Waals surface area (Å²) in [7, 11) is 0. The van der Waals surface area contributed by atoms with Crippen molar-refractivity contribution < 1.29 is 9.53 Å². The molecule has 6 heteroatoms. The van der Waals surface area contributed by atoms with Gasteiger partial charge >= 0.3 is 0 Å². The Kier molecular flexibility index (Phi) is 7.23. The van der Waals surface area contributed by atoms with Gasteiger partial charge in [-0.25, -0.2) is 4.98 Å². The van der Waals surface area contributed by atoms with Gasteiger partial charge in [0.15, 0.2) is 0 Å². The summed E-state index contributed by atoms with van der Waals surface area (Å²) in [6.45, 7) is 4.61. The first-order chi connectivity index (χ1) is 13.5. The Balaban J connectivity index is 1.43. The molecule has 2 aromatic carbocycles. The molecule has 4 nitrogen and oxygen atoms in total. The molecule has 0 unspecified atom stereocenters. The van der Waals surface area contributed by atoms with E-state index in [-0.39, 0.29) is 5.91 Å². The lowest BCUT2D eigenvalue weighted by molar-refractivity contribution is -0.116. The molecule has 0 aliphatic carbocycles. The van der Waals surface area contributed by atoms with E-state index in [4.69, 9.17) is 4.74 Å². The minimum absolute atomic E-state index is 0.0127. The van der Waals surface area contributed by atoms with Crippen LogP contribution in [0.4, 0.5) is 5.69 Å². The van der Waals surface area contributed by atoms with Crippen molar-refractivity contribution in [3.63, 3.8) is 0 Å². The van der Waals surface area contributed by atoms with Crippen molar-refractivity contribution in [2.75, 3.05) is 11.9 Å². The third kappa shape index (κ3) is 5.66. The Morgan fingerprint density at radius 1 is 1.21 bits per heavy atom. The number of ether oxygens (including phenoxy) is 1. The monoisotopic (exact) mass is 458 g/mol. The smallest absolute Gasteiger partial charge is 0.224 e. The van der Waals surface area contributed by atoms with Gasteiger partial charge < -0.3 is 10.1 Å². The summed E-state index contributed by atoms with van der Waals surface area (Å²) in [5, 5.41) is 6.01. The van der Waals surface area contributed by atoms with Gasteiger partial charge in [-0.05, 0) is 65.5 Å². The van der Waals surface area contributed by atoms with E-state index >= 15 is 0 Å². The quantitative estimate of drug-likeness (QED) is 0.406. The van der Waals surface area contributed by atoms with Gasteiger partial charge in [-0.2, -0.15) is 0 Å². The average molecular weight is 459 g/mol. The normalized spacial score (nSPS) is 10.7. The van der Waals surface area contributed by atoms with Crippen molar-refractivity contribution in [3.8, 4) is 17.0 Å². The molecule has 1 amide bonds. The zero-order valence-corrected chi connectivity index (χ0v) is 18.4. The molecular formula is C22H23BrN2O2S. The molecule has 1 N–H and O–H groups in total. The molecule has 3 rings (SSSR count). The van der Waals surface area contributed by atoms with Crippen LogP contribution in [0.3, 0.4) is 0 Å². The molecule has 0 aliphatic rings. The van der Waals surface area contributed by atoms with Crippen LogP contribution in [0, 0.1) is 6.92 Å². The number of thiazole rings is 1. The van der Waals surface area contributed by atoms with Crippen LogP contribution < -0.4 is 10.1 Å². The van der Waals surface area contributed by atoms with Gasteiger partial charge in [-0.15, -0.1) is 11.3 Å². The number of hydrogen-bond acceptors (Lipinski definition) is 4. The summed E-state index contributed by atoms with van der Waals surface area (Å²) in [5.74, 6) is 0.798. The van der Waals surface area contributed by atoms with Crippen molar-refractivity contribution in [2.45, 2.75) is 33.1 Å². The van der Waals surface area contributed by atoms with Crippen LogP contribution in [0.2, 0.25) is 0 Å². The summed E-state index contributed by atoms with van der Waals surface area (Å²) < 4.78 is 6.72. The maximum absolute atomic E-state index is 12.1. The van der Waals surface area contributed by atoms with E-state index in [2.05, 4.69) is 45.3 Å². The van der Waals surface area contributed by atoms with Crippen LogP contribution in [0.1, 0.15) is 30.3 Å². The Morgan fingerprint density at radius 2 is 2.00 bits per heavy atom. The fourth-order valence-corrected chi connectivity index (χ4v) is 3.90. The Morgan fingerprint density at radius 3 is 2.64 bits per heavy atom. The predicted molar refractivity (Wildman–Crippen MR) is 119 cm³/mol. The van der Waals surface area contributed by atoms with Gasteiger partial charge in [-0.1, -0.05) is 25.1 Å². The highest BCUT2D eigenvalue weighted by atomic mass is 79.9. The molecule has 3 aromatic rings. The van der Waals surface area contributed by atoms with E-state index in [1.54, 1.807) is 11.3 Å². The Hall–Kier alpha value is -2.18. The summed E-state index contributed by atoms with van der Waals surface area (Å²) in [5.41, 5.74) is 4.07. The number of aromatic nitrogens is 1. The second-order valence-corrected chi connectivity index (χ2v) is 8.36. The van der Waals surface area contributed by atoms with Crippen LogP contribution in [0.25, 0.3) is 11.3 Å². The summed E-state index contributed by atoms with van der Waals surface area (Å²) >= 11 is 5.16. The largest absolute Gasteiger partial charge is 0.492 e. The summed E-state index contributed by atoms with van der Waals surface area (Å²) in [4.78, 5) is 16.6. The molecule has 0 atom stereocenters. The zero-order chi connectivity index (χ0) is 19.9. The van der Waals surface area contributed by atoms with Crippen LogP contribution in [-0.2, 0) is 11.2 Å². The number of carbonyl (C=O) groups is 1. The van der Waals surface area contributed by atoms with Gasteiger partial charge in [-0.3, -0.25) is 4.79 Å². The fourth-order valence-electron chi connectivity index (χ4n) is 2.74. The number of anilines is 1. The average Bonchev–Trinajstić information content (AvgIpc) is 3.13. The SMILES string of the molecule is CCc1ccc(OCCCC(=O)Nc2ccc(-c3csc(C)n3)cc2)c(Br)c1. The van der Waals surface area contributed by atoms with Crippen molar-refractivity contribution >= 4 is 38.9 Å². The first-order valence-corrected chi connectivity index (χ1v) is 11.0. The molecule has 0 bridgehead atoms. The lowest BCUT2D eigenvalue weighted by Gasteiger charge is -2.10. The maximum Gasteiger partial charge on any atom is 0.224 e. The Labute approximate surface area is 178 Å². The minimum atomic E-state index is -0.0127. The number of halogens is 1. The van der Waals surface area contributed by atoms with E-state index in [0.29, 0.717) is 19.4 Å². The van der Waals surface area contributed by atoms with E-state index in [0.717, 1.165) is 38.6 Å². The first-order valence-electron chi connectivity index (χ1n) is 9.29. The number of hydrogen-bond donors (Lipinski definition) is 1. The van der Waals surface area contributed by atoms with Crippen LogP contribution in [0.5, 0.6) is 5.75 Å². The van der Waals surface area contributed by atoms with Crippen LogP contribution in [-0.4, -0.2) is 17.5 Å². The molecule has 0 fully saturated rings. The predicted octanol–water partition coefficient (Wildman–Crippen LogP) is 6.24. The molecule has 1 heterocycles. The molecule has 28 heavy (non-hydrogen) atoms. The van der Waals surface area contributed by atoms with Crippen molar-refractivity contribution in [2.24, 2.45) is 0 Å². The van der Waals surface area contributed by atoms with E-state index < -0.39 is 0 Å². The van der Waals surface area contributed by atoms with E-state index in [1.165, 1.54) is 5.56 Å². The van der Waals surface area contributed by atoms with E-state index in [9.17, 15) is 4.79 Å². The Bertz CT molecular complexity index is 938. The second kappa shape index (κ2) is 9.85. The standard InChI is InChI=1S/C22H23BrN2O2S/c1-3-16-6-11-21(19(23)13-16)27-12-4-5-22(26)25-18-9-7-17(8-10-18)20-14-28-15(2)24-20/h6-11,13-14H,3-5,12H2,1-2H3,(H,25,26). The number of nitrogens with zero attached hydrogens (tertiary/aromatic N) is 1. The highest BCUT2D eigenvalue weighted by Gasteiger charge is 2.06. The van der Waals surface area contributed by atoms with Crippen LogP contribution in [0.15, 0.2) is 52.3 Å². The molecule has 0 saturated heterocycles. The maximum atomic E-state index is 12.1. The number of aryl methyl sites for hydroxylation is 2. The minimum Gasteiger partial charge on any atom is -0.492 e.